The molecular formula is C23H21N3OS. The van der Waals surface area contributed by atoms with Gasteiger partial charge in [-0.2, -0.15) is 0 Å². The van der Waals surface area contributed by atoms with Gasteiger partial charge in [-0.25, -0.2) is 4.98 Å². The van der Waals surface area contributed by atoms with Crippen molar-refractivity contribution in [3.63, 3.8) is 0 Å². The minimum absolute atomic E-state index is 0.0308. The molecule has 2 N–H and O–H groups in total. The van der Waals surface area contributed by atoms with Crippen LogP contribution in [0.5, 0.6) is 0 Å². The molecule has 0 saturated heterocycles. The van der Waals surface area contributed by atoms with Crippen molar-refractivity contribution in [2.45, 2.75) is 17.3 Å². The van der Waals surface area contributed by atoms with Gasteiger partial charge in [-0.1, -0.05) is 72.4 Å². The number of hydrogen-bond donors (Lipinski definition) is 2. The van der Waals surface area contributed by atoms with Crippen LogP contribution in [0.15, 0.2) is 84.0 Å². The van der Waals surface area contributed by atoms with Crippen molar-refractivity contribution in [2.75, 3.05) is 6.54 Å². The highest BCUT2D eigenvalue weighted by Crippen LogP contribution is 2.24. The monoisotopic (exact) mass is 387 g/mol. The molecule has 5 heteroatoms. The molecule has 1 heterocycles. The van der Waals surface area contributed by atoms with Crippen LogP contribution in [0.2, 0.25) is 0 Å². The highest BCUT2D eigenvalue weighted by atomic mass is 32.2. The third-order valence-corrected chi connectivity index (χ3v) is 5.46. The molecule has 0 saturated carbocycles. The zero-order valence-electron chi connectivity index (χ0n) is 15.4. The molecule has 0 aliphatic carbocycles. The third kappa shape index (κ3) is 4.43. The van der Waals surface area contributed by atoms with Crippen LogP contribution >= 0.6 is 11.8 Å². The standard InChI is InChI=1S/C23H21N3OS/c27-22(24-15-14-17-8-2-1-3-9-17)19-11-5-4-10-18(19)16-28-23-25-20-12-6-7-13-21(20)26-23/h1-13H,14-16H2,(H,24,27)(H,25,26). The van der Waals surface area contributed by atoms with Gasteiger partial charge in [0, 0.05) is 17.9 Å². The summed E-state index contributed by atoms with van der Waals surface area (Å²) in [7, 11) is 0. The number of thioether (sulfide) groups is 1. The van der Waals surface area contributed by atoms with E-state index >= 15 is 0 Å². The van der Waals surface area contributed by atoms with Gasteiger partial charge < -0.3 is 10.3 Å². The molecular weight excluding hydrogens is 366 g/mol. The summed E-state index contributed by atoms with van der Waals surface area (Å²) in [5, 5.41) is 3.90. The van der Waals surface area contributed by atoms with Crippen LogP contribution in [0.1, 0.15) is 21.5 Å². The van der Waals surface area contributed by atoms with E-state index in [-0.39, 0.29) is 5.91 Å². The lowest BCUT2D eigenvalue weighted by Gasteiger charge is -2.10. The summed E-state index contributed by atoms with van der Waals surface area (Å²) < 4.78 is 0. The molecule has 4 aromatic rings. The summed E-state index contributed by atoms with van der Waals surface area (Å²) in [6.07, 6.45) is 0.822. The molecule has 0 atom stereocenters. The van der Waals surface area contributed by atoms with Crippen molar-refractivity contribution in [2.24, 2.45) is 0 Å². The Morgan fingerprint density at radius 2 is 1.68 bits per heavy atom. The molecule has 1 aromatic heterocycles. The highest BCUT2D eigenvalue weighted by Gasteiger charge is 2.12. The van der Waals surface area contributed by atoms with Gasteiger partial charge >= 0.3 is 0 Å². The summed E-state index contributed by atoms with van der Waals surface area (Å²) in [6, 6.07) is 25.9. The Morgan fingerprint density at radius 3 is 2.54 bits per heavy atom. The van der Waals surface area contributed by atoms with Crippen molar-refractivity contribution in [1.29, 1.82) is 0 Å². The lowest BCUT2D eigenvalue weighted by Crippen LogP contribution is -2.26. The Morgan fingerprint density at radius 1 is 0.929 bits per heavy atom. The average Bonchev–Trinajstić information content (AvgIpc) is 3.16. The number of carbonyl (C=O) groups is 1. The Balaban J connectivity index is 1.39. The maximum atomic E-state index is 12.7. The largest absolute Gasteiger partial charge is 0.352 e. The Labute approximate surface area is 168 Å². The number of nitrogens with one attached hydrogen (secondary N) is 2. The van der Waals surface area contributed by atoms with Crippen molar-refractivity contribution in [3.8, 4) is 0 Å². The molecule has 28 heavy (non-hydrogen) atoms. The van der Waals surface area contributed by atoms with E-state index in [9.17, 15) is 4.79 Å². The molecule has 1 amide bonds. The number of hydrogen-bond acceptors (Lipinski definition) is 3. The Kier molecular flexibility index (Phi) is 5.73. The van der Waals surface area contributed by atoms with E-state index in [2.05, 4.69) is 27.4 Å². The Hall–Kier alpha value is -3.05. The first-order chi connectivity index (χ1) is 13.8. The van der Waals surface area contributed by atoms with Crippen LogP contribution in [0.3, 0.4) is 0 Å². The number of benzene rings is 3. The van der Waals surface area contributed by atoms with Gasteiger partial charge in [0.05, 0.1) is 11.0 Å². The van der Waals surface area contributed by atoms with Gasteiger partial charge in [-0.05, 0) is 35.7 Å². The molecule has 0 unspecified atom stereocenters. The molecule has 140 valence electrons. The molecule has 0 bridgehead atoms. The summed E-state index contributed by atoms with van der Waals surface area (Å²) in [4.78, 5) is 20.6. The van der Waals surface area contributed by atoms with E-state index in [4.69, 9.17) is 0 Å². The average molecular weight is 388 g/mol. The van der Waals surface area contributed by atoms with Crippen LogP contribution in [-0.4, -0.2) is 22.4 Å². The van der Waals surface area contributed by atoms with Gasteiger partial charge in [0.15, 0.2) is 5.16 Å². The molecule has 4 nitrogen and oxygen atoms in total. The second kappa shape index (κ2) is 8.76. The second-order valence-corrected chi connectivity index (χ2v) is 7.46. The van der Waals surface area contributed by atoms with Gasteiger partial charge in [-0.3, -0.25) is 4.79 Å². The lowest BCUT2D eigenvalue weighted by atomic mass is 10.1. The van der Waals surface area contributed by atoms with Crippen LogP contribution in [-0.2, 0) is 12.2 Å². The summed E-state index contributed by atoms with van der Waals surface area (Å²) in [6.45, 7) is 0.619. The lowest BCUT2D eigenvalue weighted by molar-refractivity contribution is 0.0953. The van der Waals surface area contributed by atoms with Gasteiger partial charge in [0.1, 0.15) is 0 Å². The topological polar surface area (TPSA) is 57.8 Å². The fraction of sp³-hybridized carbons (Fsp3) is 0.130. The van der Waals surface area contributed by atoms with E-state index in [1.54, 1.807) is 11.8 Å². The van der Waals surface area contributed by atoms with E-state index in [1.807, 2.05) is 66.7 Å². The number of rotatable bonds is 7. The van der Waals surface area contributed by atoms with Gasteiger partial charge in [0.25, 0.3) is 5.91 Å². The predicted molar refractivity (Wildman–Crippen MR) is 115 cm³/mol. The van der Waals surface area contributed by atoms with E-state index in [1.165, 1.54) is 5.56 Å². The van der Waals surface area contributed by atoms with Crippen molar-refractivity contribution in [1.82, 2.24) is 15.3 Å². The van der Waals surface area contributed by atoms with E-state index in [0.29, 0.717) is 12.3 Å². The zero-order valence-corrected chi connectivity index (χ0v) is 16.2. The quantitative estimate of drug-likeness (QED) is 0.447. The van der Waals surface area contributed by atoms with Gasteiger partial charge in [0.2, 0.25) is 0 Å². The van der Waals surface area contributed by atoms with Crippen molar-refractivity contribution < 1.29 is 4.79 Å². The molecule has 0 spiro atoms. The smallest absolute Gasteiger partial charge is 0.251 e. The van der Waals surface area contributed by atoms with E-state index in [0.717, 1.165) is 33.7 Å². The van der Waals surface area contributed by atoms with Gasteiger partial charge in [-0.15, -0.1) is 0 Å². The normalized spacial score (nSPS) is 10.9. The van der Waals surface area contributed by atoms with Crippen LogP contribution in [0, 0.1) is 0 Å². The third-order valence-electron chi connectivity index (χ3n) is 4.54. The number of imidazole rings is 1. The predicted octanol–water partition coefficient (Wildman–Crippen LogP) is 4.83. The number of fused-ring (bicyclic) bond motifs is 1. The molecule has 0 aliphatic rings. The summed E-state index contributed by atoms with van der Waals surface area (Å²) in [5.74, 6) is 0.652. The maximum absolute atomic E-state index is 12.7. The summed E-state index contributed by atoms with van der Waals surface area (Å²) in [5.41, 5.74) is 4.93. The number of carbonyl (C=O) groups excluding carboxylic acids is 1. The molecule has 3 aromatic carbocycles. The number of para-hydroxylation sites is 2. The fourth-order valence-electron chi connectivity index (χ4n) is 3.07. The minimum Gasteiger partial charge on any atom is -0.352 e. The molecule has 0 fully saturated rings. The van der Waals surface area contributed by atoms with E-state index < -0.39 is 0 Å². The highest BCUT2D eigenvalue weighted by molar-refractivity contribution is 7.98. The Bertz CT molecular complexity index is 1040. The van der Waals surface area contributed by atoms with Crippen molar-refractivity contribution >= 4 is 28.7 Å². The van der Waals surface area contributed by atoms with Crippen molar-refractivity contribution in [3.05, 3.63) is 95.6 Å². The second-order valence-electron chi connectivity index (χ2n) is 6.50. The fourth-order valence-corrected chi connectivity index (χ4v) is 3.96. The SMILES string of the molecule is O=C(NCCc1ccccc1)c1ccccc1CSc1nc2ccccc2[nH]1. The number of nitrogens with zero attached hydrogens (tertiary/aromatic N) is 1. The summed E-state index contributed by atoms with van der Waals surface area (Å²) >= 11 is 1.60. The van der Waals surface area contributed by atoms with Crippen LogP contribution in [0.25, 0.3) is 11.0 Å². The number of amides is 1. The first-order valence-corrected chi connectivity index (χ1v) is 10.3. The first-order valence-electron chi connectivity index (χ1n) is 9.27. The molecule has 0 radical (unpaired) electrons. The molecule has 0 aliphatic heterocycles. The maximum Gasteiger partial charge on any atom is 0.251 e. The molecule has 4 rings (SSSR count). The number of H-pyrrole nitrogens is 1. The number of aromatic nitrogens is 2. The zero-order chi connectivity index (χ0) is 19.2. The first kappa shape index (κ1) is 18.3. The van der Waals surface area contributed by atoms with Crippen LogP contribution < -0.4 is 5.32 Å². The van der Waals surface area contributed by atoms with Crippen LogP contribution in [0.4, 0.5) is 0 Å². The minimum atomic E-state index is -0.0308. The number of aromatic amines is 1.